The van der Waals surface area contributed by atoms with E-state index in [4.69, 9.17) is 21.1 Å². The van der Waals surface area contributed by atoms with Crippen LogP contribution in [0.5, 0.6) is 11.5 Å². The molecule has 0 saturated heterocycles. The van der Waals surface area contributed by atoms with Crippen molar-refractivity contribution >= 4 is 23.8 Å². The van der Waals surface area contributed by atoms with Crippen molar-refractivity contribution in [2.24, 2.45) is 5.10 Å². The molecule has 10 heteroatoms. The van der Waals surface area contributed by atoms with E-state index in [1.165, 1.54) is 25.5 Å². The van der Waals surface area contributed by atoms with E-state index >= 15 is 0 Å². The normalized spacial score (nSPS) is 10.7. The van der Waals surface area contributed by atoms with Gasteiger partial charge in [-0.2, -0.15) is 10.4 Å². The molecule has 180 valence electrons. The van der Waals surface area contributed by atoms with Crippen molar-refractivity contribution in [3.8, 4) is 28.8 Å². The van der Waals surface area contributed by atoms with Crippen LogP contribution in [0.2, 0.25) is 5.02 Å². The molecule has 0 unspecified atom stereocenters. The van der Waals surface area contributed by atoms with Crippen molar-refractivity contribution in [2.45, 2.75) is 6.61 Å². The van der Waals surface area contributed by atoms with Gasteiger partial charge < -0.3 is 9.47 Å². The van der Waals surface area contributed by atoms with E-state index in [2.05, 4.69) is 20.5 Å². The quantitative estimate of drug-likeness (QED) is 0.254. The summed E-state index contributed by atoms with van der Waals surface area (Å²) >= 11 is 6.11. The van der Waals surface area contributed by atoms with Crippen LogP contribution in [0.3, 0.4) is 0 Å². The lowest BCUT2D eigenvalue weighted by Crippen LogP contribution is -2.16. The highest BCUT2D eigenvalue weighted by molar-refractivity contribution is 6.31. The molecule has 3 aromatic carbocycles. The van der Waals surface area contributed by atoms with Crippen LogP contribution in [0.1, 0.15) is 16.7 Å². The summed E-state index contributed by atoms with van der Waals surface area (Å²) in [6.07, 6.45) is 1.46. The van der Waals surface area contributed by atoms with Crippen molar-refractivity contribution in [2.75, 3.05) is 12.5 Å². The Labute approximate surface area is 210 Å². The van der Waals surface area contributed by atoms with E-state index in [0.717, 1.165) is 0 Å². The third kappa shape index (κ3) is 5.51. The van der Waals surface area contributed by atoms with Crippen LogP contribution in [0.25, 0.3) is 11.3 Å². The summed E-state index contributed by atoms with van der Waals surface area (Å²) < 4.78 is 24.7. The SMILES string of the molecule is COc1cccc(C=NNc2nc(-c3ccccc3)c(C#N)c(=O)[nH]2)c1OCc1ccc(F)cc1Cl. The van der Waals surface area contributed by atoms with E-state index in [0.29, 0.717) is 28.2 Å². The summed E-state index contributed by atoms with van der Waals surface area (Å²) in [4.78, 5) is 19.3. The standard InChI is InChI=1S/C26H19ClFN5O3/c1-35-22-9-5-8-17(24(22)36-15-18-10-11-19(28)12-21(18)27)14-30-33-26-31-23(16-6-3-2-4-7-16)20(13-29)25(34)32-26/h2-12,14H,15H2,1H3,(H2,31,32,33,34). The lowest BCUT2D eigenvalue weighted by atomic mass is 10.1. The molecule has 4 aromatic rings. The van der Waals surface area contributed by atoms with Gasteiger partial charge in [-0.25, -0.2) is 14.8 Å². The van der Waals surface area contributed by atoms with Gasteiger partial charge in [-0.15, -0.1) is 0 Å². The minimum Gasteiger partial charge on any atom is -0.493 e. The van der Waals surface area contributed by atoms with Crippen LogP contribution in [0.15, 0.2) is 76.6 Å². The molecule has 0 aliphatic heterocycles. The highest BCUT2D eigenvalue weighted by Crippen LogP contribution is 2.31. The average Bonchev–Trinajstić information content (AvgIpc) is 2.88. The maximum Gasteiger partial charge on any atom is 0.270 e. The van der Waals surface area contributed by atoms with Crippen molar-refractivity contribution in [1.82, 2.24) is 9.97 Å². The number of rotatable bonds is 8. The van der Waals surface area contributed by atoms with Crippen molar-refractivity contribution < 1.29 is 13.9 Å². The third-order valence-corrected chi connectivity index (χ3v) is 5.42. The fourth-order valence-corrected chi connectivity index (χ4v) is 3.56. The van der Waals surface area contributed by atoms with Crippen LogP contribution < -0.4 is 20.5 Å². The van der Waals surface area contributed by atoms with Gasteiger partial charge in [0.15, 0.2) is 11.5 Å². The lowest BCUT2D eigenvalue weighted by molar-refractivity contribution is 0.284. The highest BCUT2D eigenvalue weighted by atomic mass is 35.5. The minimum atomic E-state index is -0.592. The monoisotopic (exact) mass is 503 g/mol. The van der Waals surface area contributed by atoms with Crippen LogP contribution >= 0.6 is 11.6 Å². The number of hydrogen-bond donors (Lipinski definition) is 2. The molecule has 0 fully saturated rings. The largest absolute Gasteiger partial charge is 0.493 e. The summed E-state index contributed by atoms with van der Waals surface area (Å²) in [5.41, 5.74) is 4.00. The molecule has 4 rings (SSSR count). The number of nitriles is 1. The summed E-state index contributed by atoms with van der Waals surface area (Å²) in [5.74, 6) is 0.452. The second-order valence-corrected chi connectivity index (χ2v) is 7.80. The van der Waals surface area contributed by atoms with Crippen molar-refractivity contribution in [3.05, 3.63) is 105 Å². The van der Waals surface area contributed by atoms with Gasteiger partial charge in [0.05, 0.1) is 24.0 Å². The number of methoxy groups -OCH3 is 1. The third-order valence-electron chi connectivity index (χ3n) is 5.07. The van der Waals surface area contributed by atoms with E-state index in [1.54, 1.807) is 48.5 Å². The summed E-state index contributed by atoms with van der Waals surface area (Å²) in [6.45, 7) is 0.0681. The predicted molar refractivity (Wildman–Crippen MR) is 135 cm³/mol. The molecule has 0 radical (unpaired) electrons. The van der Waals surface area contributed by atoms with Gasteiger partial charge in [-0.05, 0) is 24.3 Å². The number of para-hydroxylation sites is 1. The van der Waals surface area contributed by atoms with E-state index in [1.807, 2.05) is 12.1 Å². The molecule has 0 aliphatic carbocycles. The second kappa shape index (κ2) is 11.2. The first-order chi connectivity index (χ1) is 17.5. The summed E-state index contributed by atoms with van der Waals surface area (Å²) in [5, 5.41) is 13.8. The van der Waals surface area contributed by atoms with Gasteiger partial charge in [0.2, 0.25) is 5.95 Å². The highest BCUT2D eigenvalue weighted by Gasteiger charge is 2.14. The lowest BCUT2D eigenvalue weighted by Gasteiger charge is -2.14. The van der Waals surface area contributed by atoms with Crippen LogP contribution in [0, 0.1) is 17.1 Å². The van der Waals surface area contributed by atoms with Crippen molar-refractivity contribution in [3.63, 3.8) is 0 Å². The molecule has 36 heavy (non-hydrogen) atoms. The number of aromatic amines is 1. The first kappa shape index (κ1) is 24.4. The maximum absolute atomic E-state index is 13.3. The number of aromatic nitrogens is 2. The first-order valence-corrected chi connectivity index (χ1v) is 11.0. The van der Waals surface area contributed by atoms with Crippen LogP contribution in [-0.2, 0) is 6.61 Å². The summed E-state index contributed by atoms with van der Waals surface area (Å²) in [6, 6.07) is 20.1. The van der Waals surface area contributed by atoms with E-state index < -0.39 is 11.4 Å². The second-order valence-electron chi connectivity index (χ2n) is 7.39. The number of ether oxygens (including phenoxy) is 2. The zero-order valence-electron chi connectivity index (χ0n) is 19.0. The average molecular weight is 504 g/mol. The molecule has 1 heterocycles. The van der Waals surface area contributed by atoms with E-state index in [-0.39, 0.29) is 28.8 Å². The molecular formula is C26H19ClFN5O3. The molecular weight excluding hydrogens is 485 g/mol. The predicted octanol–water partition coefficient (Wildman–Crippen LogP) is 5.13. The fraction of sp³-hybridized carbons (Fsp3) is 0.0769. The Morgan fingerprint density at radius 2 is 2.00 bits per heavy atom. The summed E-state index contributed by atoms with van der Waals surface area (Å²) in [7, 11) is 1.50. The molecule has 0 spiro atoms. The van der Waals surface area contributed by atoms with Gasteiger partial charge in [-0.1, -0.05) is 54.1 Å². The van der Waals surface area contributed by atoms with E-state index in [9.17, 15) is 14.4 Å². The zero-order chi connectivity index (χ0) is 25.5. The number of benzene rings is 3. The number of nitrogens with one attached hydrogen (secondary N) is 2. The van der Waals surface area contributed by atoms with Gasteiger partial charge in [0.25, 0.3) is 5.56 Å². The first-order valence-electron chi connectivity index (χ1n) is 10.6. The van der Waals surface area contributed by atoms with Crippen LogP contribution in [-0.4, -0.2) is 23.3 Å². The Morgan fingerprint density at radius 3 is 2.72 bits per heavy atom. The Kier molecular flexibility index (Phi) is 7.58. The Morgan fingerprint density at radius 1 is 1.19 bits per heavy atom. The molecule has 0 atom stereocenters. The number of hydrazone groups is 1. The van der Waals surface area contributed by atoms with Gasteiger partial charge in [-0.3, -0.25) is 9.78 Å². The van der Waals surface area contributed by atoms with Crippen LogP contribution in [0.4, 0.5) is 10.3 Å². The number of H-pyrrole nitrogens is 1. The zero-order valence-corrected chi connectivity index (χ0v) is 19.7. The number of nitrogens with zero attached hydrogens (tertiary/aromatic N) is 3. The molecule has 0 bridgehead atoms. The minimum absolute atomic E-state index is 0.0533. The molecule has 0 aliphatic rings. The maximum atomic E-state index is 13.3. The molecule has 0 amide bonds. The Hall–Kier alpha value is -4.68. The van der Waals surface area contributed by atoms with Gasteiger partial charge >= 0.3 is 0 Å². The Bertz CT molecular complexity index is 1520. The smallest absolute Gasteiger partial charge is 0.270 e. The van der Waals surface area contributed by atoms with Gasteiger partial charge in [0, 0.05) is 16.7 Å². The van der Waals surface area contributed by atoms with Gasteiger partial charge in [0.1, 0.15) is 24.1 Å². The molecule has 2 N–H and O–H groups in total. The number of anilines is 1. The molecule has 0 saturated carbocycles. The number of halogens is 2. The Balaban J connectivity index is 1.59. The van der Waals surface area contributed by atoms with Crippen molar-refractivity contribution in [1.29, 1.82) is 5.26 Å². The topological polar surface area (TPSA) is 112 Å². The fourth-order valence-electron chi connectivity index (χ4n) is 3.34. The number of hydrogen-bond acceptors (Lipinski definition) is 7. The molecule has 1 aromatic heterocycles. The molecule has 8 nitrogen and oxygen atoms in total.